The topological polar surface area (TPSA) is 113 Å². The van der Waals surface area contributed by atoms with Gasteiger partial charge in [-0.2, -0.15) is 0 Å². The summed E-state index contributed by atoms with van der Waals surface area (Å²) in [4.78, 5) is 37.8. The first-order chi connectivity index (χ1) is 14.5. The first kappa shape index (κ1) is 19.4. The summed E-state index contributed by atoms with van der Waals surface area (Å²) in [7, 11) is 0. The largest absolute Gasteiger partial charge is 0.507 e. The number of ketones is 2. The molecule has 3 aromatic rings. The number of phenolic OH excluding ortho intramolecular Hbond substituents is 1. The maximum Gasteiger partial charge on any atom is 0.338 e. The van der Waals surface area contributed by atoms with Gasteiger partial charge < -0.3 is 20.3 Å². The number of esters is 1. The molecular formula is C23H17NO6. The summed E-state index contributed by atoms with van der Waals surface area (Å²) in [5.74, 6) is -1.59. The summed E-state index contributed by atoms with van der Waals surface area (Å²) in [6.45, 7) is -0.344. The number of rotatable bonds is 5. The molecule has 30 heavy (non-hydrogen) atoms. The minimum Gasteiger partial charge on any atom is -0.507 e. The van der Waals surface area contributed by atoms with Crippen molar-refractivity contribution in [3.05, 3.63) is 88.5 Å². The van der Waals surface area contributed by atoms with E-state index in [-0.39, 0.29) is 47.0 Å². The molecule has 3 aromatic carbocycles. The monoisotopic (exact) mass is 403 g/mol. The van der Waals surface area contributed by atoms with Crippen molar-refractivity contribution < 1.29 is 29.3 Å². The number of hydrogen-bond acceptors (Lipinski definition) is 7. The van der Waals surface area contributed by atoms with E-state index in [1.54, 1.807) is 36.4 Å². The third-order valence-corrected chi connectivity index (χ3v) is 4.78. The fourth-order valence-electron chi connectivity index (χ4n) is 3.38. The van der Waals surface area contributed by atoms with Gasteiger partial charge in [-0.05, 0) is 36.4 Å². The van der Waals surface area contributed by atoms with Crippen molar-refractivity contribution in [2.75, 3.05) is 18.5 Å². The molecule has 0 aromatic heterocycles. The van der Waals surface area contributed by atoms with Gasteiger partial charge in [0, 0.05) is 16.8 Å². The molecule has 7 nitrogen and oxygen atoms in total. The first-order valence-corrected chi connectivity index (χ1v) is 9.20. The SMILES string of the molecule is O=C(OCCO)c1ccc(Nc2ccc(O)c3c2C(=O)c2ccccc2C3=O)cc1. The molecular weight excluding hydrogens is 386 g/mol. The minimum absolute atomic E-state index is 0.0344. The molecule has 4 rings (SSSR count). The lowest BCUT2D eigenvalue weighted by atomic mass is 9.82. The number of aliphatic hydroxyl groups excluding tert-OH is 1. The van der Waals surface area contributed by atoms with E-state index in [1.807, 2.05) is 0 Å². The van der Waals surface area contributed by atoms with E-state index in [0.29, 0.717) is 16.9 Å². The molecule has 0 amide bonds. The highest BCUT2D eigenvalue weighted by Gasteiger charge is 2.33. The van der Waals surface area contributed by atoms with Crippen LogP contribution in [0.5, 0.6) is 5.75 Å². The summed E-state index contributed by atoms with van der Waals surface area (Å²) in [6.07, 6.45) is 0. The van der Waals surface area contributed by atoms with Gasteiger partial charge in [-0.25, -0.2) is 4.79 Å². The normalized spacial score (nSPS) is 12.2. The number of benzene rings is 3. The Morgan fingerprint density at radius 2 is 1.50 bits per heavy atom. The van der Waals surface area contributed by atoms with Crippen molar-refractivity contribution in [2.24, 2.45) is 0 Å². The van der Waals surface area contributed by atoms with Crippen LogP contribution in [-0.2, 0) is 4.74 Å². The second kappa shape index (κ2) is 7.81. The maximum absolute atomic E-state index is 13.1. The Morgan fingerprint density at radius 1 is 0.867 bits per heavy atom. The second-order valence-corrected chi connectivity index (χ2v) is 6.65. The smallest absolute Gasteiger partial charge is 0.338 e. The zero-order chi connectivity index (χ0) is 21.3. The molecule has 0 radical (unpaired) electrons. The van der Waals surface area contributed by atoms with Crippen molar-refractivity contribution in [3.8, 4) is 5.75 Å². The van der Waals surface area contributed by atoms with Crippen LogP contribution in [0.4, 0.5) is 11.4 Å². The van der Waals surface area contributed by atoms with E-state index in [2.05, 4.69) is 5.32 Å². The van der Waals surface area contributed by atoms with Gasteiger partial charge in [0.15, 0.2) is 11.6 Å². The lowest BCUT2D eigenvalue weighted by Crippen LogP contribution is -2.22. The molecule has 0 fully saturated rings. The number of phenols is 1. The van der Waals surface area contributed by atoms with E-state index < -0.39 is 11.8 Å². The Bertz CT molecular complexity index is 1170. The molecule has 0 saturated heterocycles. The van der Waals surface area contributed by atoms with E-state index in [4.69, 9.17) is 9.84 Å². The number of nitrogens with one attached hydrogen (secondary N) is 1. The Balaban J connectivity index is 1.68. The van der Waals surface area contributed by atoms with Crippen molar-refractivity contribution >= 4 is 28.9 Å². The molecule has 0 bridgehead atoms. The number of carbonyl (C=O) groups is 3. The molecule has 0 saturated carbocycles. The van der Waals surface area contributed by atoms with E-state index in [9.17, 15) is 19.5 Å². The molecule has 1 aliphatic rings. The molecule has 0 heterocycles. The Hall–Kier alpha value is -3.97. The fraction of sp³-hybridized carbons (Fsp3) is 0.0870. The lowest BCUT2D eigenvalue weighted by molar-refractivity contribution is 0.0433. The zero-order valence-corrected chi connectivity index (χ0v) is 15.7. The standard InChI is InChI=1S/C23H17NO6/c25-11-12-30-23(29)13-5-7-14(8-6-13)24-17-9-10-18(26)20-19(17)21(27)15-3-1-2-4-16(15)22(20)28/h1-10,24-26H,11-12H2. The quantitative estimate of drug-likeness (QED) is 0.347. The number of hydrogen-bond donors (Lipinski definition) is 3. The molecule has 0 atom stereocenters. The van der Waals surface area contributed by atoms with Crippen LogP contribution in [0.2, 0.25) is 0 Å². The van der Waals surface area contributed by atoms with Crippen molar-refractivity contribution in [2.45, 2.75) is 0 Å². The van der Waals surface area contributed by atoms with Crippen LogP contribution in [0.15, 0.2) is 60.7 Å². The predicted molar refractivity (Wildman–Crippen MR) is 109 cm³/mol. The van der Waals surface area contributed by atoms with E-state index in [1.165, 1.54) is 24.3 Å². The minimum atomic E-state index is -0.560. The van der Waals surface area contributed by atoms with E-state index in [0.717, 1.165) is 0 Å². The van der Waals surface area contributed by atoms with Crippen LogP contribution < -0.4 is 5.32 Å². The third kappa shape index (κ3) is 3.31. The summed E-state index contributed by atoms with van der Waals surface area (Å²) >= 11 is 0. The average molecular weight is 403 g/mol. The van der Waals surface area contributed by atoms with Gasteiger partial charge in [-0.3, -0.25) is 9.59 Å². The van der Waals surface area contributed by atoms with Gasteiger partial charge >= 0.3 is 5.97 Å². The molecule has 7 heteroatoms. The second-order valence-electron chi connectivity index (χ2n) is 6.65. The highest BCUT2D eigenvalue weighted by atomic mass is 16.5. The van der Waals surface area contributed by atoms with Gasteiger partial charge in [0.1, 0.15) is 12.4 Å². The van der Waals surface area contributed by atoms with Crippen molar-refractivity contribution in [1.29, 1.82) is 0 Å². The molecule has 0 unspecified atom stereocenters. The first-order valence-electron chi connectivity index (χ1n) is 9.20. The van der Waals surface area contributed by atoms with Crippen LogP contribution >= 0.6 is 0 Å². The van der Waals surface area contributed by atoms with Crippen LogP contribution in [0.25, 0.3) is 0 Å². The lowest BCUT2D eigenvalue weighted by Gasteiger charge is -2.21. The number of fused-ring (bicyclic) bond motifs is 2. The van der Waals surface area contributed by atoms with Crippen molar-refractivity contribution in [3.63, 3.8) is 0 Å². The van der Waals surface area contributed by atoms with Crippen LogP contribution in [0.3, 0.4) is 0 Å². The average Bonchev–Trinajstić information content (AvgIpc) is 2.77. The van der Waals surface area contributed by atoms with Crippen LogP contribution in [-0.4, -0.2) is 41.0 Å². The molecule has 150 valence electrons. The third-order valence-electron chi connectivity index (χ3n) is 4.78. The highest BCUT2D eigenvalue weighted by molar-refractivity contribution is 6.31. The Kier molecular flexibility index (Phi) is 5.04. The summed E-state index contributed by atoms with van der Waals surface area (Å²) < 4.78 is 4.86. The number of aromatic hydroxyl groups is 1. The molecule has 1 aliphatic carbocycles. The molecule has 0 aliphatic heterocycles. The van der Waals surface area contributed by atoms with Crippen LogP contribution in [0, 0.1) is 0 Å². The summed E-state index contributed by atoms with van der Waals surface area (Å²) in [6, 6.07) is 15.7. The van der Waals surface area contributed by atoms with Gasteiger partial charge in [-0.1, -0.05) is 24.3 Å². The summed E-state index contributed by atoms with van der Waals surface area (Å²) in [5, 5.41) is 22.1. The molecule has 3 N–H and O–H groups in total. The Morgan fingerprint density at radius 3 is 2.13 bits per heavy atom. The van der Waals surface area contributed by atoms with Crippen LogP contribution in [0.1, 0.15) is 42.2 Å². The Labute approximate surface area is 171 Å². The summed E-state index contributed by atoms with van der Waals surface area (Å²) in [5.41, 5.74) is 1.85. The predicted octanol–water partition coefficient (Wildman–Crippen LogP) is 3.06. The van der Waals surface area contributed by atoms with Crippen molar-refractivity contribution in [1.82, 2.24) is 0 Å². The number of aliphatic hydroxyl groups is 1. The fourth-order valence-corrected chi connectivity index (χ4v) is 3.38. The number of ether oxygens (including phenoxy) is 1. The highest BCUT2D eigenvalue weighted by Crippen LogP contribution is 2.37. The van der Waals surface area contributed by atoms with Gasteiger partial charge in [0.2, 0.25) is 0 Å². The van der Waals surface area contributed by atoms with Gasteiger partial charge in [0.05, 0.1) is 29.0 Å². The van der Waals surface area contributed by atoms with E-state index >= 15 is 0 Å². The molecule has 0 spiro atoms. The van der Waals surface area contributed by atoms with Gasteiger partial charge in [0.25, 0.3) is 0 Å². The number of carbonyl (C=O) groups excluding carboxylic acids is 3. The zero-order valence-electron chi connectivity index (χ0n) is 15.7. The maximum atomic E-state index is 13.1. The van der Waals surface area contributed by atoms with Gasteiger partial charge in [-0.15, -0.1) is 0 Å². The number of anilines is 2.